The fourth-order valence-electron chi connectivity index (χ4n) is 2.46. The fraction of sp³-hybridized carbons (Fsp3) is 0.100. The Balaban J connectivity index is 1.89. The number of ether oxygens (including phenoxy) is 1. The Kier molecular flexibility index (Phi) is 4.93. The van der Waals surface area contributed by atoms with Crippen LogP contribution in [0.4, 0.5) is 30.2 Å². The minimum Gasteiger partial charge on any atom is -0.484 e. The van der Waals surface area contributed by atoms with Crippen LogP contribution >= 0.6 is 0 Å². The Bertz CT molecular complexity index is 747. The van der Waals surface area contributed by atoms with Crippen LogP contribution in [0.1, 0.15) is 0 Å². The lowest BCUT2D eigenvalue weighted by molar-refractivity contribution is -0.153. The molecule has 3 rings (SSSR count). The Morgan fingerprint density at radius 1 is 0.640 bits per heavy atom. The summed E-state index contributed by atoms with van der Waals surface area (Å²) in [6.07, 6.45) is -4.35. The van der Waals surface area contributed by atoms with E-state index in [1.165, 1.54) is 0 Å². The summed E-state index contributed by atoms with van der Waals surface area (Å²) >= 11 is 0. The van der Waals surface area contributed by atoms with Gasteiger partial charge in [0.1, 0.15) is 5.75 Å². The molecule has 0 radical (unpaired) electrons. The van der Waals surface area contributed by atoms with E-state index in [9.17, 15) is 13.2 Å². The van der Waals surface area contributed by atoms with Crippen LogP contribution in [0.25, 0.3) is 0 Å². The van der Waals surface area contributed by atoms with E-state index in [1.54, 1.807) is 24.3 Å². The van der Waals surface area contributed by atoms with Crippen molar-refractivity contribution in [3.05, 3.63) is 84.9 Å². The summed E-state index contributed by atoms with van der Waals surface area (Å²) in [4.78, 5) is 2.02. The molecular formula is C20H16F3NO. The van der Waals surface area contributed by atoms with Crippen molar-refractivity contribution in [1.82, 2.24) is 0 Å². The largest absolute Gasteiger partial charge is 0.484 e. The Labute approximate surface area is 144 Å². The van der Waals surface area contributed by atoms with Gasteiger partial charge in [0, 0.05) is 17.1 Å². The molecule has 0 aliphatic carbocycles. The molecule has 5 heteroatoms. The Hall–Kier alpha value is -2.95. The van der Waals surface area contributed by atoms with Crippen LogP contribution in [0.2, 0.25) is 0 Å². The summed E-state index contributed by atoms with van der Waals surface area (Å²) in [5.74, 6) is 0.183. The number of anilines is 3. The smallest absolute Gasteiger partial charge is 0.422 e. The van der Waals surface area contributed by atoms with Gasteiger partial charge in [-0.25, -0.2) is 0 Å². The molecule has 25 heavy (non-hydrogen) atoms. The summed E-state index contributed by atoms with van der Waals surface area (Å²) in [5, 5.41) is 0. The van der Waals surface area contributed by atoms with Gasteiger partial charge in [-0.3, -0.25) is 0 Å². The van der Waals surface area contributed by atoms with Crippen molar-refractivity contribution in [3.8, 4) is 5.75 Å². The highest BCUT2D eigenvalue weighted by Gasteiger charge is 2.28. The van der Waals surface area contributed by atoms with Gasteiger partial charge in [-0.05, 0) is 48.5 Å². The van der Waals surface area contributed by atoms with Gasteiger partial charge in [0.15, 0.2) is 6.61 Å². The molecule has 0 atom stereocenters. The standard InChI is InChI=1S/C20H16F3NO/c21-20(22,23)15-25-19-13-11-18(12-14-19)24(16-7-3-1-4-8-16)17-9-5-2-6-10-17/h1-14H,15H2. The maximum atomic E-state index is 12.3. The predicted octanol–water partition coefficient (Wildman–Crippen LogP) is 6.10. The molecule has 0 aliphatic heterocycles. The van der Waals surface area contributed by atoms with Gasteiger partial charge in [-0.15, -0.1) is 0 Å². The number of para-hydroxylation sites is 2. The highest BCUT2D eigenvalue weighted by atomic mass is 19.4. The Morgan fingerprint density at radius 3 is 1.52 bits per heavy atom. The molecule has 3 aromatic carbocycles. The normalized spacial score (nSPS) is 11.2. The molecule has 0 saturated heterocycles. The van der Waals surface area contributed by atoms with Gasteiger partial charge in [-0.1, -0.05) is 36.4 Å². The molecule has 0 unspecified atom stereocenters. The summed E-state index contributed by atoms with van der Waals surface area (Å²) in [7, 11) is 0. The van der Waals surface area contributed by atoms with E-state index in [0.717, 1.165) is 17.1 Å². The van der Waals surface area contributed by atoms with E-state index in [0.29, 0.717) is 0 Å². The maximum absolute atomic E-state index is 12.3. The number of hydrogen-bond acceptors (Lipinski definition) is 2. The van der Waals surface area contributed by atoms with E-state index >= 15 is 0 Å². The highest BCUT2D eigenvalue weighted by molar-refractivity contribution is 5.76. The second kappa shape index (κ2) is 7.30. The molecular weight excluding hydrogens is 327 g/mol. The zero-order valence-electron chi connectivity index (χ0n) is 13.3. The summed E-state index contributed by atoms with van der Waals surface area (Å²) in [6.45, 7) is -1.30. The predicted molar refractivity (Wildman–Crippen MR) is 92.7 cm³/mol. The first kappa shape index (κ1) is 16.9. The van der Waals surface area contributed by atoms with Crippen LogP contribution in [-0.4, -0.2) is 12.8 Å². The van der Waals surface area contributed by atoms with Crippen LogP contribution in [-0.2, 0) is 0 Å². The molecule has 128 valence electrons. The average Bonchev–Trinajstić information content (AvgIpc) is 2.62. The van der Waals surface area contributed by atoms with Crippen LogP contribution in [0.3, 0.4) is 0 Å². The van der Waals surface area contributed by atoms with Gasteiger partial charge >= 0.3 is 6.18 Å². The van der Waals surface area contributed by atoms with Crippen LogP contribution in [0.15, 0.2) is 84.9 Å². The molecule has 2 nitrogen and oxygen atoms in total. The SMILES string of the molecule is FC(F)(F)COc1ccc(N(c2ccccc2)c2ccccc2)cc1. The lowest BCUT2D eigenvalue weighted by Gasteiger charge is -2.25. The number of halogens is 3. The number of alkyl halides is 3. The van der Waals surface area contributed by atoms with Crippen molar-refractivity contribution < 1.29 is 17.9 Å². The number of benzene rings is 3. The van der Waals surface area contributed by atoms with Gasteiger partial charge in [0.2, 0.25) is 0 Å². The summed E-state index contributed by atoms with van der Waals surface area (Å²) in [6, 6.07) is 26.1. The summed E-state index contributed by atoms with van der Waals surface area (Å²) < 4.78 is 41.5. The number of hydrogen-bond donors (Lipinski definition) is 0. The third-order valence-corrected chi connectivity index (χ3v) is 3.53. The van der Waals surface area contributed by atoms with Crippen LogP contribution < -0.4 is 9.64 Å². The second-order valence-electron chi connectivity index (χ2n) is 5.40. The number of rotatable bonds is 5. The van der Waals surface area contributed by atoms with Crippen LogP contribution in [0, 0.1) is 0 Å². The first-order valence-electron chi connectivity index (χ1n) is 7.73. The van der Waals surface area contributed by atoms with Crippen molar-refractivity contribution in [1.29, 1.82) is 0 Å². The van der Waals surface area contributed by atoms with Crippen molar-refractivity contribution in [3.63, 3.8) is 0 Å². The van der Waals surface area contributed by atoms with E-state index in [4.69, 9.17) is 4.74 Å². The van der Waals surface area contributed by atoms with Crippen molar-refractivity contribution >= 4 is 17.1 Å². The molecule has 0 fully saturated rings. The minimum absolute atomic E-state index is 0.183. The van der Waals surface area contributed by atoms with Gasteiger partial charge in [-0.2, -0.15) is 13.2 Å². The molecule has 0 amide bonds. The van der Waals surface area contributed by atoms with Gasteiger partial charge in [0.25, 0.3) is 0 Å². The van der Waals surface area contributed by atoms with E-state index in [1.807, 2.05) is 65.6 Å². The second-order valence-corrected chi connectivity index (χ2v) is 5.40. The van der Waals surface area contributed by atoms with E-state index in [-0.39, 0.29) is 5.75 Å². The molecule has 0 bridgehead atoms. The third kappa shape index (κ3) is 4.53. The lowest BCUT2D eigenvalue weighted by atomic mass is 10.2. The van der Waals surface area contributed by atoms with E-state index in [2.05, 4.69) is 0 Å². The van der Waals surface area contributed by atoms with E-state index < -0.39 is 12.8 Å². The molecule has 0 aliphatic rings. The van der Waals surface area contributed by atoms with Crippen molar-refractivity contribution in [2.75, 3.05) is 11.5 Å². The monoisotopic (exact) mass is 343 g/mol. The zero-order chi connectivity index (χ0) is 17.7. The topological polar surface area (TPSA) is 12.5 Å². The molecule has 0 heterocycles. The van der Waals surface area contributed by atoms with Crippen molar-refractivity contribution in [2.24, 2.45) is 0 Å². The lowest BCUT2D eigenvalue weighted by Crippen LogP contribution is -2.19. The number of nitrogens with zero attached hydrogens (tertiary/aromatic N) is 1. The first-order chi connectivity index (χ1) is 12.0. The minimum atomic E-state index is -4.35. The Morgan fingerprint density at radius 2 is 1.08 bits per heavy atom. The fourth-order valence-corrected chi connectivity index (χ4v) is 2.46. The molecule has 0 N–H and O–H groups in total. The molecule has 3 aromatic rings. The van der Waals surface area contributed by atoms with Crippen molar-refractivity contribution in [2.45, 2.75) is 6.18 Å². The maximum Gasteiger partial charge on any atom is 0.422 e. The third-order valence-electron chi connectivity index (χ3n) is 3.53. The zero-order valence-corrected chi connectivity index (χ0v) is 13.3. The molecule has 0 spiro atoms. The quantitative estimate of drug-likeness (QED) is 0.555. The summed E-state index contributed by atoms with van der Waals surface area (Å²) in [5.41, 5.74) is 2.74. The molecule has 0 aromatic heterocycles. The van der Waals surface area contributed by atoms with Crippen LogP contribution in [0.5, 0.6) is 5.75 Å². The first-order valence-corrected chi connectivity index (χ1v) is 7.73. The van der Waals surface area contributed by atoms with Gasteiger partial charge < -0.3 is 9.64 Å². The highest BCUT2D eigenvalue weighted by Crippen LogP contribution is 2.34. The van der Waals surface area contributed by atoms with Gasteiger partial charge in [0.05, 0.1) is 0 Å². The average molecular weight is 343 g/mol. The molecule has 0 saturated carbocycles.